The molecule has 0 bridgehead atoms. The quantitative estimate of drug-likeness (QED) is 0.118. The van der Waals surface area contributed by atoms with Crippen LogP contribution in [0.15, 0.2) is 327 Å². The Labute approximate surface area is 833 Å². The van der Waals surface area contributed by atoms with Crippen molar-refractivity contribution in [2.75, 3.05) is 0 Å². The number of rotatable bonds is 5. The Morgan fingerprint density at radius 1 is 0.299 bits per heavy atom. The Morgan fingerprint density at radius 2 is 0.590 bits per heavy atom. The van der Waals surface area contributed by atoms with E-state index in [9.17, 15) is 9.65 Å². The molecule has 0 amide bonds. The van der Waals surface area contributed by atoms with E-state index in [1.54, 1.807) is 12.1 Å². The first-order valence-electron chi connectivity index (χ1n) is 42.9. The number of nitrogens with zero attached hydrogens (tertiary/aromatic N) is 8. The molecule has 678 valence electrons. The van der Waals surface area contributed by atoms with Gasteiger partial charge < -0.3 is 53.5 Å². The number of halogens is 5. The fourth-order valence-electron chi connectivity index (χ4n) is 16.7. The standard InChI is InChI=1S/C25H23BN2O2.2C19H11BrN2.C14H9N.C13H9Br.C12H24B2O4.C6H4BrF.CN.2CH4.Cu.2H2/c1-24(2)25(3,4)30-26(29-24)18-8-7-9-19(15-18)28-22-11-6-5-10-20(22)21-14-17(16-27)12-13-23(21)28;2*20-14-4-3-5-15(11-14)22-18-7-2-1-6-16(18)17-10-13(12-21)8-9-19(17)22;15-9-10-5-6-12-8-11-3-1-2-4-13(11)14(12)7-10;14-11-6-5-10-7-9-3-1-2-4-12(9)13(10)8-11;1-9(2)10(3,4)16-13(15-9)14-17-11(5,6)12(7,8)18-14;7-5-2-1-3-6(8)4-5;1-2;;;;;/h5-15H,1-4H3;2*1-11H;1-7H,8H2;1-6,8H,7H2;1-8H3;1-4H;;2*1H4;;2*1H/q;;;;;;;-1;;;+1;;/i;;;;;;;;;;;2*1+1. The summed E-state index contributed by atoms with van der Waals surface area (Å²) in [5.41, 5.74) is 22.4. The molecule has 5 aliphatic rings. The molecule has 3 saturated heterocycles. The fraction of sp³-hybridized carbons (Fsp3) is 0.198. The van der Waals surface area contributed by atoms with Gasteiger partial charge in [-0.15, -0.1) is 0 Å². The minimum atomic E-state index is -0.476. The molecular formula is C111H103B3Br4CuFN8O6. The molecule has 0 spiro atoms. The number of fused-ring (bicyclic) bond motifs is 15. The molecule has 0 radical (unpaired) electrons. The van der Waals surface area contributed by atoms with Crippen LogP contribution in [0.25, 0.3) is 105 Å². The van der Waals surface area contributed by atoms with Crippen molar-refractivity contribution in [3.05, 3.63) is 384 Å². The molecule has 0 unspecified atom stereocenters. The average Bonchev–Trinajstić information content (AvgIpc) is 1.63. The Kier molecular flexibility index (Phi) is 31.8. The average molecular weight is 2080 g/mol. The van der Waals surface area contributed by atoms with Crippen LogP contribution >= 0.6 is 63.7 Å². The van der Waals surface area contributed by atoms with E-state index in [0.717, 1.165) is 124 Å². The van der Waals surface area contributed by atoms with Gasteiger partial charge >= 0.3 is 38.2 Å². The molecule has 0 N–H and O–H groups in total. The number of para-hydroxylation sites is 3. The Balaban J connectivity index is 0.000000166. The number of aromatic nitrogens is 3. The van der Waals surface area contributed by atoms with E-state index in [1.165, 1.54) is 56.6 Å². The van der Waals surface area contributed by atoms with Gasteiger partial charge in [-0.05, 0) is 310 Å². The SMILES string of the molecule is Brc1ccc2c(c1)-c1ccccc1C2.C.C.CC1(C)OB(B2OC(C)(C)C(C)(C)O2)OC1(C)C.CC1(C)OB(c2cccc(-n3c4ccccc4c4cc(C#N)ccc43)c2)OC1(C)C.Fc1cccc(Br)c1.N#Cc1ccc2c(c1)-c1ccccc1C2.N#Cc1ccc2c(c1)c1ccccc1n2-c1cccc(Br)c1.N#Cc1ccc2c(c1)c1ccccc1n2-c1cccc(Br)c1.[2HH].[2HH].[C-]#N.[Cu+]. The molecule has 134 heavy (non-hydrogen) atoms. The van der Waals surface area contributed by atoms with Crippen LogP contribution in [0.5, 0.6) is 0 Å². The van der Waals surface area contributed by atoms with Gasteiger partial charge in [-0.25, -0.2) is 4.39 Å². The number of benzene rings is 14. The van der Waals surface area contributed by atoms with Gasteiger partial charge in [0.05, 0.1) is 113 Å². The molecule has 14 aromatic carbocycles. The van der Waals surface area contributed by atoms with Crippen molar-refractivity contribution < 1.29 is 52.2 Å². The van der Waals surface area contributed by atoms with Gasteiger partial charge in [0, 0.05) is 70.1 Å². The predicted octanol–water partition coefficient (Wildman–Crippen LogP) is 29.6. The maximum absolute atomic E-state index is 12.1. The third-order valence-corrected chi connectivity index (χ3v) is 27.4. The van der Waals surface area contributed by atoms with Crippen LogP contribution in [0, 0.1) is 63.0 Å². The number of nitriles is 4. The van der Waals surface area contributed by atoms with Crippen molar-refractivity contribution in [2.45, 2.75) is 144 Å². The van der Waals surface area contributed by atoms with Crippen LogP contribution in [-0.4, -0.2) is 68.4 Å². The monoisotopic (exact) mass is 2080 g/mol. The minimum Gasteiger partial charge on any atom is -0.512 e. The summed E-state index contributed by atoms with van der Waals surface area (Å²) in [4.78, 5) is 0. The van der Waals surface area contributed by atoms with E-state index in [1.807, 2.05) is 201 Å². The molecule has 22 rings (SSSR count). The maximum atomic E-state index is 12.1. The minimum absolute atomic E-state index is 0. The van der Waals surface area contributed by atoms with Gasteiger partial charge in [-0.2, -0.15) is 21.0 Å². The summed E-state index contributed by atoms with van der Waals surface area (Å²) in [7, 11) is -1.36. The third kappa shape index (κ3) is 21.0. The second kappa shape index (κ2) is 42.0. The van der Waals surface area contributed by atoms with Crippen LogP contribution in [0.2, 0.25) is 0 Å². The molecule has 3 aliphatic heterocycles. The van der Waals surface area contributed by atoms with Gasteiger partial charge in [-0.3, -0.25) is 0 Å². The van der Waals surface area contributed by atoms with Gasteiger partial charge in [0.15, 0.2) is 0 Å². The molecule has 17 aromatic rings. The van der Waals surface area contributed by atoms with Gasteiger partial charge in [0.2, 0.25) is 0 Å². The Morgan fingerprint density at radius 3 is 0.955 bits per heavy atom. The molecule has 23 heteroatoms. The summed E-state index contributed by atoms with van der Waals surface area (Å²) < 4.78 is 59.2. The van der Waals surface area contributed by atoms with Crippen molar-refractivity contribution in [1.82, 2.24) is 13.7 Å². The summed E-state index contributed by atoms with van der Waals surface area (Å²) in [6.45, 7) is 29.2. The molecule has 3 aromatic heterocycles. The second-order valence-electron chi connectivity index (χ2n) is 35.4. The summed E-state index contributed by atoms with van der Waals surface area (Å²) >= 11 is 13.7. The van der Waals surface area contributed by atoms with E-state index in [4.69, 9.17) is 55.5 Å². The smallest absolute Gasteiger partial charge is 0.512 e. The predicted molar refractivity (Wildman–Crippen MR) is 558 cm³/mol. The van der Waals surface area contributed by atoms with Crippen LogP contribution in [0.1, 0.15) is 145 Å². The van der Waals surface area contributed by atoms with Crippen LogP contribution in [0.3, 0.4) is 0 Å². The van der Waals surface area contributed by atoms with E-state index >= 15 is 0 Å². The van der Waals surface area contributed by atoms with Crippen molar-refractivity contribution in [3.63, 3.8) is 0 Å². The molecular weight excluding hydrogens is 1980 g/mol. The maximum Gasteiger partial charge on any atom is 1.00 e. The van der Waals surface area contributed by atoms with E-state index in [-0.39, 0.29) is 74.2 Å². The van der Waals surface area contributed by atoms with Gasteiger partial charge in [-0.1, -0.05) is 224 Å². The molecule has 3 fully saturated rings. The largest absolute Gasteiger partial charge is 1.00 e. The number of hydrogen-bond donors (Lipinski definition) is 0. The Hall–Kier alpha value is -11.7. The van der Waals surface area contributed by atoms with Crippen LogP contribution in [0.4, 0.5) is 4.39 Å². The first kappa shape index (κ1) is 101. The second-order valence-corrected chi connectivity index (χ2v) is 39.0. The third-order valence-electron chi connectivity index (χ3n) is 25.4. The molecule has 0 atom stereocenters. The van der Waals surface area contributed by atoms with Crippen LogP contribution < -0.4 is 5.46 Å². The first-order chi connectivity index (χ1) is 62.7. The summed E-state index contributed by atoms with van der Waals surface area (Å²) in [6.07, 6.45) is 2.08. The molecule has 2 aliphatic carbocycles. The molecule has 0 saturated carbocycles. The van der Waals surface area contributed by atoms with Crippen molar-refractivity contribution in [1.29, 1.82) is 26.3 Å². The van der Waals surface area contributed by atoms with Crippen molar-refractivity contribution >= 4 is 156 Å². The molecule has 14 nitrogen and oxygen atoms in total. The van der Waals surface area contributed by atoms with Crippen LogP contribution in [-0.2, 0) is 57.8 Å². The van der Waals surface area contributed by atoms with E-state index in [0.29, 0.717) is 16.7 Å². The van der Waals surface area contributed by atoms with E-state index < -0.39 is 21.1 Å². The van der Waals surface area contributed by atoms with Crippen molar-refractivity contribution in [2.24, 2.45) is 0 Å². The topological polar surface area (TPSA) is 189 Å². The zero-order chi connectivity index (χ0) is 93.1. The normalized spacial score (nSPS) is 15.0. The fourth-order valence-corrected chi connectivity index (χ4v) is 18.2. The van der Waals surface area contributed by atoms with Gasteiger partial charge in [0.1, 0.15) is 5.82 Å². The zero-order valence-electron chi connectivity index (χ0n) is 74.8. The summed E-state index contributed by atoms with van der Waals surface area (Å²) in [5, 5.41) is 49.5. The number of hydrogen-bond acceptors (Lipinski definition) is 11. The first-order valence-corrected chi connectivity index (χ1v) is 46.0. The zero-order valence-corrected chi connectivity index (χ0v) is 82.1. The van der Waals surface area contributed by atoms with E-state index in [2.05, 4.69) is 269 Å². The Bertz CT molecular complexity index is 7190. The van der Waals surface area contributed by atoms with Gasteiger partial charge in [0.25, 0.3) is 0 Å². The summed E-state index contributed by atoms with van der Waals surface area (Å²) in [5.74, 6) is -0.209. The van der Waals surface area contributed by atoms with Crippen molar-refractivity contribution in [3.8, 4) is 63.6 Å². The molecule has 6 heterocycles. The summed E-state index contributed by atoms with van der Waals surface area (Å²) in [6, 6.07) is 112.